The second kappa shape index (κ2) is 7.81. The average Bonchev–Trinajstić information content (AvgIpc) is 2.46. The van der Waals surface area contributed by atoms with Gasteiger partial charge in [0.25, 0.3) is 0 Å². The maximum Gasteiger partial charge on any atom is 0.416 e. The number of alkyl halides is 3. The van der Waals surface area contributed by atoms with Gasteiger partial charge in [0.15, 0.2) is 0 Å². The molecule has 0 amide bonds. The van der Waals surface area contributed by atoms with Gasteiger partial charge in [-0.25, -0.2) is 0 Å². The van der Waals surface area contributed by atoms with Gasteiger partial charge in [-0.05, 0) is 56.2 Å². The number of rotatable bonds is 8. The average molecular weight is 331 g/mol. The summed E-state index contributed by atoms with van der Waals surface area (Å²) in [6, 6.07) is 5.19. The predicted octanol–water partition coefficient (Wildman–Crippen LogP) is 4.25. The van der Waals surface area contributed by atoms with Gasteiger partial charge in [-0.1, -0.05) is 25.5 Å². The number of carboxylic acid groups (broad SMARTS) is 1. The Hall–Kier alpha value is -1.56. The molecule has 0 saturated carbocycles. The first-order chi connectivity index (χ1) is 10.6. The van der Waals surface area contributed by atoms with Gasteiger partial charge >= 0.3 is 12.1 Å². The second-order valence-electron chi connectivity index (χ2n) is 6.27. The van der Waals surface area contributed by atoms with Crippen LogP contribution in [-0.4, -0.2) is 16.6 Å². The summed E-state index contributed by atoms with van der Waals surface area (Å²) in [5, 5.41) is 9.01. The molecule has 1 rings (SSSR count). The summed E-state index contributed by atoms with van der Waals surface area (Å²) < 4.78 is 37.5. The van der Waals surface area contributed by atoms with Gasteiger partial charge in [-0.3, -0.25) is 4.79 Å². The standard InChI is InChI=1S/C17H24F3NO2/c1-3-12(10-11-16(2,21)15(22)23)4-5-13-6-8-14(9-7-13)17(18,19)20/h6-9,12H,3-5,10-11,21H2,1-2H3,(H,22,23). The van der Waals surface area contributed by atoms with Crippen LogP contribution in [0.25, 0.3) is 0 Å². The fourth-order valence-electron chi connectivity index (χ4n) is 2.39. The molecule has 0 aliphatic rings. The molecule has 0 fully saturated rings. The van der Waals surface area contributed by atoms with Gasteiger partial charge in [0.1, 0.15) is 5.54 Å². The highest BCUT2D eigenvalue weighted by Gasteiger charge is 2.30. The van der Waals surface area contributed by atoms with E-state index < -0.39 is 23.2 Å². The van der Waals surface area contributed by atoms with Crippen molar-refractivity contribution in [3.05, 3.63) is 35.4 Å². The maximum atomic E-state index is 12.5. The van der Waals surface area contributed by atoms with Gasteiger partial charge in [-0.15, -0.1) is 0 Å². The van der Waals surface area contributed by atoms with Gasteiger partial charge in [0.05, 0.1) is 5.56 Å². The van der Waals surface area contributed by atoms with Crippen molar-refractivity contribution >= 4 is 5.97 Å². The highest BCUT2D eigenvalue weighted by molar-refractivity contribution is 5.77. The lowest BCUT2D eigenvalue weighted by atomic mass is 9.87. The summed E-state index contributed by atoms with van der Waals surface area (Å²) in [5.74, 6) is -0.713. The number of aliphatic carboxylic acids is 1. The van der Waals surface area contributed by atoms with Crippen molar-refractivity contribution in [1.29, 1.82) is 0 Å². The van der Waals surface area contributed by atoms with E-state index in [1.807, 2.05) is 6.92 Å². The van der Waals surface area contributed by atoms with Crippen LogP contribution >= 0.6 is 0 Å². The van der Waals surface area contributed by atoms with Crippen molar-refractivity contribution in [3.8, 4) is 0 Å². The van der Waals surface area contributed by atoms with Crippen LogP contribution in [0.15, 0.2) is 24.3 Å². The number of aryl methyl sites for hydroxylation is 1. The fourth-order valence-corrected chi connectivity index (χ4v) is 2.39. The lowest BCUT2D eigenvalue weighted by Crippen LogP contribution is -2.45. The van der Waals surface area contributed by atoms with E-state index in [0.29, 0.717) is 25.2 Å². The Morgan fingerprint density at radius 2 is 1.78 bits per heavy atom. The smallest absolute Gasteiger partial charge is 0.416 e. The van der Waals surface area contributed by atoms with E-state index >= 15 is 0 Å². The number of carbonyl (C=O) groups is 1. The Balaban J connectivity index is 2.53. The number of benzene rings is 1. The lowest BCUT2D eigenvalue weighted by molar-refractivity contribution is -0.143. The van der Waals surface area contributed by atoms with E-state index in [9.17, 15) is 18.0 Å². The molecule has 3 nitrogen and oxygen atoms in total. The topological polar surface area (TPSA) is 63.3 Å². The summed E-state index contributed by atoms with van der Waals surface area (Å²) in [5.41, 5.74) is 4.69. The Labute approximate surface area is 134 Å². The first-order valence-corrected chi connectivity index (χ1v) is 7.74. The molecule has 0 radical (unpaired) electrons. The summed E-state index contributed by atoms with van der Waals surface area (Å²) in [7, 11) is 0. The molecule has 0 spiro atoms. The number of carboxylic acids is 1. The molecule has 0 aliphatic carbocycles. The third-order valence-electron chi connectivity index (χ3n) is 4.26. The number of hydrogen-bond donors (Lipinski definition) is 2. The van der Waals surface area contributed by atoms with E-state index in [2.05, 4.69) is 0 Å². The highest BCUT2D eigenvalue weighted by Crippen LogP contribution is 2.29. The third-order valence-corrected chi connectivity index (χ3v) is 4.26. The van der Waals surface area contributed by atoms with Crippen LogP contribution in [-0.2, 0) is 17.4 Å². The van der Waals surface area contributed by atoms with E-state index in [1.165, 1.54) is 19.1 Å². The van der Waals surface area contributed by atoms with Crippen molar-refractivity contribution in [2.45, 2.75) is 57.7 Å². The molecular formula is C17H24F3NO2. The van der Waals surface area contributed by atoms with Crippen LogP contribution < -0.4 is 5.73 Å². The van der Waals surface area contributed by atoms with Crippen molar-refractivity contribution in [1.82, 2.24) is 0 Å². The first kappa shape index (κ1) is 19.5. The Bertz CT molecular complexity index is 510. The van der Waals surface area contributed by atoms with Crippen molar-refractivity contribution in [2.24, 2.45) is 11.7 Å². The quantitative estimate of drug-likeness (QED) is 0.748. The molecule has 1 aromatic carbocycles. The molecule has 130 valence electrons. The summed E-state index contributed by atoms with van der Waals surface area (Å²) in [4.78, 5) is 11.0. The number of nitrogens with two attached hydrogens (primary N) is 1. The monoisotopic (exact) mass is 331 g/mol. The van der Waals surface area contributed by atoms with Crippen molar-refractivity contribution in [2.75, 3.05) is 0 Å². The van der Waals surface area contributed by atoms with E-state index in [1.54, 1.807) is 0 Å². The molecular weight excluding hydrogens is 307 g/mol. The van der Waals surface area contributed by atoms with Gasteiger partial charge in [0.2, 0.25) is 0 Å². The highest BCUT2D eigenvalue weighted by atomic mass is 19.4. The van der Waals surface area contributed by atoms with Crippen LogP contribution in [0.4, 0.5) is 13.2 Å². The molecule has 2 atom stereocenters. The summed E-state index contributed by atoms with van der Waals surface area (Å²) in [6.45, 7) is 3.52. The molecule has 0 saturated heterocycles. The van der Waals surface area contributed by atoms with Crippen molar-refractivity contribution < 1.29 is 23.1 Å². The summed E-state index contributed by atoms with van der Waals surface area (Å²) in [6.07, 6.45) is -0.879. The molecule has 23 heavy (non-hydrogen) atoms. The Kier molecular flexibility index (Phi) is 6.62. The molecule has 2 unspecified atom stereocenters. The molecule has 6 heteroatoms. The van der Waals surface area contributed by atoms with Crippen LogP contribution in [0.2, 0.25) is 0 Å². The van der Waals surface area contributed by atoms with Crippen LogP contribution in [0.3, 0.4) is 0 Å². The number of hydrogen-bond acceptors (Lipinski definition) is 2. The number of halogens is 3. The second-order valence-corrected chi connectivity index (χ2v) is 6.27. The summed E-state index contributed by atoms with van der Waals surface area (Å²) >= 11 is 0. The molecule has 0 heterocycles. The molecule has 0 aliphatic heterocycles. The molecule has 0 aromatic heterocycles. The van der Waals surface area contributed by atoms with Gasteiger partial charge < -0.3 is 10.8 Å². The van der Waals surface area contributed by atoms with Crippen LogP contribution in [0.1, 0.15) is 50.7 Å². The first-order valence-electron chi connectivity index (χ1n) is 7.74. The minimum Gasteiger partial charge on any atom is -0.480 e. The van der Waals surface area contributed by atoms with E-state index in [0.717, 1.165) is 30.5 Å². The van der Waals surface area contributed by atoms with Gasteiger partial charge in [0, 0.05) is 0 Å². The van der Waals surface area contributed by atoms with Gasteiger partial charge in [-0.2, -0.15) is 13.2 Å². The van der Waals surface area contributed by atoms with E-state index in [-0.39, 0.29) is 0 Å². The third kappa shape index (κ3) is 6.22. The minimum absolute atomic E-state index is 0.305. The normalized spacial score (nSPS) is 15.9. The van der Waals surface area contributed by atoms with Crippen LogP contribution in [0, 0.1) is 5.92 Å². The minimum atomic E-state index is -4.31. The molecule has 3 N–H and O–H groups in total. The molecule has 1 aromatic rings. The lowest BCUT2D eigenvalue weighted by Gasteiger charge is -2.22. The Morgan fingerprint density at radius 3 is 2.22 bits per heavy atom. The zero-order chi connectivity index (χ0) is 17.7. The Morgan fingerprint density at radius 1 is 1.22 bits per heavy atom. The van der Waals surface area contributed by atoms with Crippen LogP contribution in [0.5, 0.6) is 0 Å². The maximum absolute atomic E-state index is 12.5. The molecule has 0 bridgehead atoms. The zero-order valence-corrected chi connectivity index (χ0v) is 13.5. The fraction of sp³-hybridized carbons (Fsp3) is 0.588. The predicted molar refractivity (Wildman–Crippen MR) is 83.0 cm³/mol. The largest absolute Gasteiger partial charge is 0.480 e. The zero-order valence-electron chi connectivity index (χ0n) is 13.5. The van der Waals surface area contributed by atoms with E-state index in [4.69, 9.17) is 10.8 Å². The SMILES string of the molecule is CCC(CCc1ccc(C(F)(F)F)cc1)CCC(C)(N)C(=O)O. The van der Waals surface area contributed by atoms with Crippen molar-refractivity contribution in [3.63, 3.8) is 0 Å².